The van der Waals surface area contributed by atoms with Crippen LogP contribution in [0.4, 0.5) is 0 Å². The zero-order chi connectivity index (χ0) is 20.3. The number of carbonyl (C=O) groups is 2. The summed E-state index contributed by atoms with van der Waals surface area (Å²) in [5, 5.41) is 11.0. The molecule has 0 unspecified atom stereocenters. The van der Waals surface area contributed by atoms with Gasteiger partial charge in [-0.1, -0.05) is 98.1 Å². The summed E-state index contributed by atoms with van der Waals surface area (Å²) in [6, 6.07) is 23.8. The number of aliphatic hydroxyl groups is 1. The van der Waals surface area contributed by atoms with Gasteiger partial charge in [0.25, 0.3) is 0 Å². The van der Waals surface area contributed by atoms with Gasteiger partial charge in [0, 0.05) is 16.7 Å². The summed E-state index contributed by atoms with van der Waals surface area (Å²) in [4.78, 5) is 26.5. The number of Topliss-reactive ketones (excluding diaryl/α,β-unsaturated/α-hetero) is 1. The third-order valence-electron chi connectivity index (χ3n) is 5.77. The minimum Gasteiger partial charge on any atom is -0.382 e. The Morgan fingerprint density at radius 2 is 1.17 bits per heavy atom. The molecule has 1 fully saturated rings. The highest BCUT2D eigenvalue weighted by molar-refractivity contribution is 6.15. The molecule has 0 aromatic heterocycles. The van der Waals surface area contributed by atoms with Crippen LogP contribution in [-0.4, -0.2) is 22.3 Å². The molecule has 3 aromatic rings. The molecule has 0 spiro atoms. The van der Waals surface area contributed by atoms with E-state index < -0.39 is 5.60 Å². The normalized spacial score (nSPS) is 15.6. The second kappa shape index (κ2) is 8.14. The molecule has 1 aliphatic carbocycles. The van der Waals surface area contributed by atoms with Crippen LogP contribution in [0.2, 0.25) is 0 Å². The molecule has 0 heterocycles. The third kappa shape index (κ3) is 3.79. The van der Waals surface area contributed by atoms with Crippen LogP contribution >= 0.6 is 0 Å². The first-order valence-corrected chi connectivity index (χ1v) is 10.2. The predicted molar refractivity (Wildman–Crippen MR) is 114 cm³/mol. The van der Waals surface area contributed by atoms with Crippen molar-refractivity contribution in [3.05, 3.63) is 95.6 Å². The molecule has 0 atom stereocenters. The van der Waals surface area contributed by atoms with E-state index in [1.165, 1.54) is 0 Å². The fraction of sp³-hybridized carbons (Fsp3) is 0.231. The first-order chi connectivity index (χ1) is 14.1. The summed E-state index contributed by atoms with van der Waals surface area (Å²) in [6.07, 6.45) is 3.74. The van der Waals surface area contributed by atoms with Gasteiger partial charge in [0.15, 0.2) is 11.6 Å². The van der Waals surface area contributed by atoms with E-state index in [2.05, 4.69) is 0 Å². The average molecular weight is 384 g/mol. The lowest BCUT2D eigenvalue weighted by molar-refractivity contribution is 0.0117. The van der Waals surface area contributed by atoms with Gasteiger partial charge in [-0.25, -0.2) is 0 Å². The molecule has 29 heavy (non-hydrogen) atoms. The quantitative estimate of drug-likeness (QED) is 0.594. The van der Waals surface area contributed by atoms with E-state index in [1.807, 2.05) is 54.6 Å². The van der Waals surface area contributed by atoms with Gasteiger partial charge in [0.1, 0.15) is 5.60 Å². The summed E-state index contributed by atoms with van der Waals surface area (Å²) in [7, 11) is 0. The van der Waals surface area contributed by atoms with E-state index in [0.717, 1.165) is 19.3 Å². The summed E-state index contributed by atoms with van der Waals surface area (Å²) < 4.78 is 0. The number of rotatable bonds is 5. The van der Waals surface area contributed by atoms with E-state index in [9.17, 15) is 14.7 Å². The molecule has 3 nitrogen and oxygen atoms in total. The number of benzene rings is 3. The van der Waals surface area contributed by atoms with Crippen LogP contribution in [0.5, 0.6) is 0 Å². The van der Waals surface area contributed by atoms with Crippen molar-refractivity contribution >= 4 is 11.6 Å². The zero-order valence-electron chi connectivity index (χ0n) is 16.3. The Kier molecular flexibility index (Phi) is 5.41. The van der Waals surface area contributed by atoms with Crippen LogP contribution in [0.3, 0.4) is 0 Å². The largest absolute Gasteiger partial charge is 0.382 e. The molecule has 4 rings (SSSR count). The average Bonchev–Trinajstić information content (AvgIpc) is 2.79. The Labute approximate surface area is 171 Å². The highest BCUT2D eigenvalue weighted by atomic mass is 16.3. The second-order valence-corrected chi connectivity index (χ2v) is 7.71. The van der Waals surface area contributed by atoms with Crippen molar-refractivity contribution in [3.63, 3.8) is 0 Å². The van der Waals surface area contributed by atoms with Gasteiger partial charge in [-0.2, -0.15) is 0 Å². The fourth-order valence-electron chi connectivity index (χ4n) is 4.19. The van der Waals surface area contributed by atoms with Crippen molar-refractivity contribution in [1.29, 1.82) is 0 Å². The van der Waals surface area contributed by atoms with Crippen molar-refractivity contribution in [2.45, 2.75) is 37.7 Å². The Hall–Kier alpha value is -3.04. The molecule has 1 aliphatic rings. The molecule has 0 bridgehead atoms. The molecule has 0 saturated heterocycles. The lowest BCUT2D eigenvalue weighted by Crippen LogP contribution is -2.40. The van der Waals surface area contributed by atoms with Gasteiger partial charge in [-0.3, -0.25) is 9.59 Å². The fourth-order valence-corrected chi connectivity index (χ4v) is 4.19. The maximum Gasteiger partial charge on any atom is 0.194 e. The van der Waals surface area contributed by atoms with E-state index in [1.54, 1.807) is 24.3 Å². The third-order valence-corrected chi connectivity index (χ3v) is 5.77. The van der Waals surface area contributed by atoms with Gasteiger partial charge in [-0.15, -0.1) is 0 Å². The molecular weight excluding hydrogens is 360 g/mol. The maximum atomic E-state index is 13.3. The molecule has 0 amide bonds. The molecule has 0 radical (unpaired) electrons. The Bertz CT molecular complexity index is 1030. The lowest BCUT2D eigenvalue weighted by Gasteiger charge is -2.31. The van der Waals surface area contributed by atoms with Crippen LogP contribution in [-0.2, 0) is 0 Å². The van der Waals surface area contributed by atoms with E-state index >= 15 is 0 Å². The van der Waals surface area contributed by atoms with Crippen molar-refractivity contribution in [2.24, 2.45) is 0 Å². The van der Waals surface area contributed by atoms with Crippen LogP contribution in [0, 0.1) is 0 Å². The number of ketones is 2. The highest BCUT2D eigenvalue weighted by Gasteiger charge is 2.38. The highest BCUT2D eigenvalue weighted by Crippen LogP contribution is 2.35. The monoisotopic (exact) mass is 384 g/mol. The zero-order valence-corrected chi connectivity index (χ0v) is 16.3. The molecule has 146 valence electrons. The molecular formula is C26H24O3. The number of carbonyl (C=O) groups excluding carboxylic acids is 2. The topological polar surface area (TPSA) is 54.4 Å². The summed E-state index contributed by atoms with van der Waals surface area (Å²) in [5.41, 5.74) is 1.72. The predicted octanol–water partition coefficient (Wildman–Crippen LogP) is 5.46. The van der Waals surface area contributed by atoms with Crippen molar-refractivity contribution in [3.8, 4) is 11.1 Å². The van der Waals surface area contributed by atoms with Crippen molar-refractivity contribution in [1.82, 2.24) is 0 Å². The minimum absolute atomic E-state index is 0.0835. The van der Waals surface area contributed by atoms with Crippen LogP contribution in [0.25, 0.3) is 11.1 Å². The van der Waals surface area contributed by atoms with Crippen molar-refractivity contribution < 1.29 is 14.7 Å². The first kappa shape index (κ1) is 19.3. The van der Waals surface area contributed by atoms with Crippen LogP contribution < -0.4 is 0 Å². The lowest BCUT2D eigenvalue weighted by atomic mass is 9.78. The molecule has 0 aliphatic heterocycles. The summed E-state index contributed by atoms with van der Waals surface area (Å²) >= 11 is 0. The van der Waals surface area contributed by atoms with E-state index in [4.69, 9.17) is 0 Å². The van der Waals surface area contributed by atoms with Crippen LogP contribution in [0.1, 0.15) is 58.4 Å². The van der Waals surface area contributed by atoms with Gasteiger partial charge in [0.05, 0.1) is 0 Å². The second-order valence-electron chi connectivity index (χ2n) is 7.71. The standard InChI is InChI=1S/C26H24O3/c27-24(19-11-3-1-4-12-19)22-15-7-5-13-20(22)21-14-6-8-16-23(21)25(28)26(29)17-9-2-10-18-26/h1,3-8,11-16,29H,2,9-10,17-18H2. The Morgan fingerprint density at radius 1 is 0.655 bits per heavy atom. The first-order valence-electron chi connectivity index (χ1n) is 10.2. The molecule has 1 N–H and O–H groups in total. The molecule has 1 saturated carbocycles. The van der Waals surface area contributed by atoms with Gasteiger partial charge < -0.3 is 5.11 Å². The van der Waals surface area contributed by atoms with Gasteiger partial charge in [0.2, 0.25) is 0 Å². The minimum atomic E-state index is -1.31. The smallest absolute Gasteiger partial charge is 0.194 e. The molecule has 3 aromatic carbocycles. The van der Waals surface area contributed by atoms with Crippen molar-refractivity contribution in [2.75, 3.05) is 0 Å². The Morgan fingerprint density at radius 3 is 1.83 bits per heavy atom. The molecule has 3 heteroatoms. The van der Waals surface area contributed by atoms with Gasteiger partial charge in [-0.05, 0) is 24.0 Å². The van der Waals surface area contributed by atoms with Gasteiger partial charge >= 0.3 is 0 Å². The number of hydrogen-bond donors (Lipinski definition) is 1. The number of hydrogen-bond acceptors (Lipinski definition) is 3. The van der Waals surface area contributed by atoms with Crippen LogP contribution in [0.15, 0.2) is 78.9 Å². The summed E-state index contributed by atoms with van der Waals surface area (Å²) in [5.74, 6) is -0.324. The Balaban J connectivity index is 1.80. The SMILES string of the molecule is O=C(c1ccccc1)c1ccccc1-c1ccccc1C(=O)C1(O)CCCCC1. The summed E-state index contributed by atoms with van der Waals surface area (Å²) in [6.45, 7) is 0. The van der Waals surface area contributed by atoms with E-state index in [-0.39, 0.29) is 11.6 Å². The van der Waals surface area contributed by atoms with E-state index in [0.29, 0.717) is 40.7 Å². The maximum absolute atomic E-state index is 13.3.